The number of carbonyl (C=O) groups is 2. The van der Waals surface area contributed by atoms with Gasteiger partial charge in [-0.25, -0.2) is 0 Å². The highest BCUT2D eigenvalue weighted by atomic mass is 79.9. The van der Waals surface area contributed by atoms with Gasteiger partial charge in [-0.15, -0.1) is 0 Å². The van der Waals surface area contributed by atoms with Crippen LogP contribution in [0.5, 0.6) is 0 Å². The van der Waals surface area contributed by atoms with Crippen LogP contribution in [0.25, 0.3) is 0 Å². The molecule has 1 aliphatic heterocycles. The lowest BCUT2D eigenvalue weighted by atomic mass is 10.2. The van der Waals surface area contributed by atoms with E-state index in [1.807, 2.05) is 4.90 Å². The number of imide groups is 1. The van der Waals surface area contributed by atoms with Crippen LogP contribution < -0.4 is 10.6 Å². The first-order chi connectivity index (χ1) is 9.15. The summed E-state index contributed by atoms with van der Waals surface area (Å²) < 4.78 is 0.899. The second-order valence-electron chi connectivity index (χ2n) is 4.41. The molecule has 0 aliphatic carbocycles. The maximum Gasteiger partial charge on any atom is 0.257 e. The normalized spacial score (nSPS) is 16.1. The average Bonchev–Trinajstić information content (AvgIpc) is 2.40. The number of halogens is 1. The fourth-order valence-corrected chi connectivity index (χ4v) is 2.18. The van der Waals surface area contributed by atoms with Crippen LogP contribution in [0, 0.1) is 0 Å². The fourth-order valence-electron chi connectivity index (χ4n) is 1.91. The summed E-state index contributed by atoms with van der Waals surface area (Å²) in [5, 5.41) is 5.62. The molecule has 0 aromatic heterocycles. The van der Waals surface area contributed by atoms with Crippen LogP contribution in [-0.2, 0) is 4.79 Å². The van der Waals surface area contributed by atoms with Crippen LogP contribution in [0.4, 0.5) is 0 Å². The molecular formula is C13H16BrN3O2. The van der Waals surface area contributed by atoms with Crippen molar-refractivity contribution in [3.63, 3.8) is 0 Å². The highest BCUT2D eigenvalue weighted by molar-refractivity contribution is 9.10. The number of nitrogens with zero attached hydrogens (tertiary/aromatic N) is 1. The standard InChI is InChI=1S/C13H16BrN3O2/c14-11-3-1-10(2-4-11)13(19)16-12(18)9-17-7-5-15-6-8-17/h1-4,15H,5-9H2,(H,16,18,19). The Morgan fingerprint density at radius 1 is 1.21 bits per heavy atom. The van der Waals surface area contributed by atoms with Crippen molar-refractivity contribution < 1.29 is 9.59 Å². The summed E-state index contributed by atoms with van der Waals surface area (Å²) in [6, 6.07) is 6.90. The molecule has 0 bridgehead atoms. The largest absolute Gasteiger partial charge is 0.314 e. The summed E-state index contributed by atoms with van der Waals surface area (Å²) in [4.78, 5) is 25.6. The Morgan fingerprint density at radius 2 is 1.84 bits per heavy atom. The maximum absolute atomic E-state index is 11.8. The third kappa shape index (κ3) is 4.41. The summed E-state index contributed by atoms with van der Waals surface area (Å²) in [5.74, 6) is -0.609. The van der Waals surface area contributed by atoms with Crippen LogP contribution in [0.1, 0.15) is 10.4 Å². The molecule has 2 amide bonds. The van der Waals surface area contributed by atoms with E-state index in [0.717, 1.165) is 30.7 Å². The van der Waals surface area contributed by atoms with Gasteiger partial charge in [0.1, 0.15) is 0 Å². The first-order valence-corrected chi connectivity index (χ1v) is 6.97. The van der Waals surface area contributed by atoms with Crippen LogP contribution in [0.15, 0.2) is 28.7 Å². The van der Waals surface area contributed by atoms with Gasteiger partial charge in [-0.2, -0.15) is 0 Å². The average molecular weight is 326 g/mol. The van der Waals surface area contributed by atoms with Gasteiger partial charge < -0.3 is 5.32 Å². The van der Waals surface area contributed by atoms with Gasteiger partial charge in [0.15, 0.2) is 0 Å². The Bertz CT molecular complexity index is 455. The van der Waals surface area contributed by atoms with Crippen molar-refractivity contribution in [2.45, 2.75) is 0 Å². The SMILES string of the molecule is O=C(CN1CCNCC1)NC(=O)c1ccc(Br)cc1. The number of rotatable bonds is 3. The van der Waals surface area contributed by atoms with E-state index in [1.165, 1.54) is 0 Å². The quantitative estimate of drug-likeness (QED) is 0.855. The molecule has 1 aromatic rings. The first kappa shape index (κ1) is 14.2. The lowest BCUT2D eigenvalue weighted by Gasteiger charge is -2.26. The Balaban J connectivity index is 1.84. The minimum absolute atomic E-state index is 0.255. The molecule has 0 unspecified atom stereocenters. The zero-order chi connectivity index (χ0) is 13.7. The molecular weight excluding hydrogens is 310 g/mol. The summed E-state index contributed by atoms with van der Waals surface area (Å²) in [7, 11) is 0. The third-order valence-electron chi connectivity index (χ3n) is 2.94. The van der Waals surface area contributed by atoms with Crippen molar-refractivity contribution in [1.29, 1.82) is 0 Å². The van der Waals surface area contributed by atoms with Crippen LogP contribution in [0.2, 0.25) is 0 Å². The molecule has 1 saturated heterocycles. The third-order valence-corrected chi connectivity index (χ3v) is 3.46. The molecule has 1 aliphatic rings. The van der Waals surface area contributed by atoms with Gasteiger partial charge in [-0.3, -0.25) is 19.8 Å². The van der Waals surface area contributed by atoms with E-state index in [-0.39, 0.29) is 18.4 Å². The Kier molecular flexibility index (Phi) is 5.07. The number of hydrogen-bond donors (Lipinski definition) is 2. The Hall–Kier alpha value is -1.24. The summed E-state index contributed by atoms with van der Waals surface area (Å²) in [6.45, 7) is 3.70. The van der Waals surface area contributed by atoms with Crippen molar-refractivity contribution in [2.75, 3.05) is 32.7 Å². The Morgan fingerprint density at radius 3 is 2.47 bits per heavy atom. The molecule has 102 valence electrons. The van der Waals surface area contributed by atoms with E-state index < -0.39 is 0 Å². The second kappa shape index (κ2) is 6.79. The topological polar surface area (TPSA) is 61.4 Å². The molecule has 0 radical (unpaired) electrons. The molecule has 5 nitrogen and oxygen atoms in total. The van der Waals surface area contributed by atoms with Crippen LogP contribution in [-0.4, -0.2) is 49.4 Å². The van der Waals surface area contributed by atoms with E-state index >= 15 is 0 Å². The van der Waals surface area contributed by atoms with Gasteiger partial charge in [-0.05, 0) is 24.3 Å². The molecule has 1 fully saturated rings. The maximum atomic E-state index is 11.8. The minimum atomic E-state index is -0.354. The van der Waals surface area contributed by atoms with Crippen molar-refractivity contribution in [1.82, 2.24) is 15.5 Å². The number of nitrogens with one attached hydrogen (secondary N) is 2. The Labute approximate surface area is 120 Å². The molecule has 6 heteroatoms. The van der Waals surface area contributed by atoms with E-state index in [9.17, 15) is 9.59 Å². The minimum Gasteiger partial charge on any atom is -0.314 e. The van der Waals surface area contributed by atoms with E-state index in [0.29, 0.717) is 5.56 Å². The summed E-state index contributed by atoms with van der Waals surface area (Å²) in [5.41, 5.74) is 0.483. The molecule has 2 N–H and O–H groups in total. The second-order valence-corrected chi connectivity index (χ2v) is 5.33. The zero-order valence-corrected chi connectivity index (χ0v) is 12.1. The van der Waals surface area contributed by atoms with Gasteiger partial charge in [0.25, 0.3) is 5.91 Å². The van der Waals surface area contributed by atoms with Gasteiger partial charge in [-0.1, -0.05) is 15.9 Å². The molecule has 0 spiro atoms. The predicted molar refractivity (Wildman–Crippen MR) is 75.9 cm³/mol. The number of amides is 2. The van der Waals surface area contributed by atoms with E-state index in [1.54, 1.807) is 24.3 Å². The number of piperazine rings is 1. The lowest BCUT2D eigenvalue weighted by Crippen LogP contribution is -2.48. The van der Waals surface area contributed by atoms with Gasteiger partial charge in [0.2, 0.25) is 5.91 Å². The van der Waals surface area contributed by atoms with E-state index in [2.05, 4.69) is 26.6 Å². The van der Waals surface area contributed by atoms with Crippen LogP contribution >= 0.6 is 15.9 Å². The summed E-state index contributed by atoms with van der Waals surface area (Å²) in [6.07, 6.45) is 0. The van der Waals surface area contributed by atoms with Gasteiger partial charge in [0.05, 0.1) is 6.54 Å². The van der Waals surface area contributed by atoms with Crippen molar-refractivity contribution in [3.8, 4) is 0 Å². The van der Waals surface area contributed by atoms with Crippen molar-refractivity contribution in [3.05, 3.63) is 34.3 Å². The van der Waals surface area contributed by atoms with Crippen LogP contribution in [0.3, 0.4) is 0 Å². The number of carbonyl (C=O) groups excluding carboxylic acids is 2. The molecule has 0 saturated carbocycles. The van der Waals surface area contributed by atoms with Gasteiger partial charge in [0, 0.05) is 36.2 Å². The lowest BCUT2D eigenvalue weighted by molar-refractivity contribution is -0.121. The van der Waals surface area contributed by atoms with E-state index in [4.69, 9.17) is 0 Å². The number of hydrogen-bond acceptors (Lipinski definition) is 4. The van der Waals surface area contributed by atoms with Crippen molar-refractivity contribution in [2.24, 2.45) is 0 Å². The molecule has 0 atom stereocenters. The smallest absolute Gasteiger partial charge is 0.257 e. The highest BCUT2D eigenvalue weighted by Gasteiger charge is 2.15. The van der Waals surface area contributed by atoms with Gasteiger partial charge >= 0.3 is 0 Å². The zero-order valence-electron chi connectivity index (χ0n) is 10.5. The number of benzene rings is 1. The first-order valence-electron chi connectivity index (χ1n) is 6.18. The fraction of sp³-hybridized carbons (Fsp3) is 0.385. The monoisotopic (exact) mass is 325 g/mol. The molecule has 19 heavy (non-hydrogen) atoms. The van der Waals surface area contributed by atoms with Crippen molar-refractivity contribution >= 4 is 27.7 Å². The summed E-state index contributed by atoms with van der Waals surface area (Å²) >= 11 is 3.30. The highest BCUT2D eigenvalue weighted by Crippen LogP contribution is 2.10. The molecule has 2 rings (SSSR count). The molecule has 1 heterocycles. The predicted octanol–water partition coefficient (Wildman–Crippen LogP) is 0.611. The molecule has 1 aromatic carbocycles.